The van der Waals surface area contributed by atoms with Crippen molar-refractivity contribution >= 4 is 5.57 Å². The van der Waals surface area contributed by atoms with E-state index in [-0.39, 0.29) is 0 Å². The third kappa shape index (κ3) is 3.38. The van der Waals surface area contributed by atoms with E-state index in [1.807, 2.05) is 55.7 Å². The molecule has 0 saturated carbocycles. The summed E-state index contributed by atoms with van der Waals surface area (Å²) in [7, 11) is 1.67. The van der Waals surface area contributed by atoms with Crippen molar-refractivity contribution in [3.8, 4) is 5.75 Å². The molecule has 0 bridgehead atoms. The van der Waals surface area contributed by atoms with Gasteiger partial charge < -0.3 is 9.47 Å². The lowest BCUT2D eigenvalue weighted by atomic mass is 9.99. The molecular formula is C17H18O2. The average molecular weight is 254 g/mol. The van der Waals surface area contributed by atoms with Gasteiger partial charge in [0.1, 0.15) is 5.75 Å². The number of methoxy groups -OCH3 is 1. The summed E-state index contributed by atoms with van der Waals surface area (Å²) in [5.74, 6) is 0.854. The Morgan fingerprint density at radius 2 is 1.58 bits per heavy atom. The van der Waals surface area contributed by atoms with Gasteiger partial charge in [0.2, 0.25) is 0 Å². The van der Waals surface area contributed by atoms with Crippen LogP contribution in [0.25, 0.3) is 5.57 Å². The summed E-state index contributed by atoms with van der Waals surface area (Å²) in [6, 6.07) is 18.2. The lowest BCUT2D eigenvalue weighted by Gasteiger charge is -2.09. The fourth-order valence-electron chi connectivity index (χ4n) is 1.86. The maximum atomic E-state index is 5.47. The zero-order valence-electron chi connectivity index (χ0n) is 11.3. The molecule has 98 valence electrons. The molecule has 0 aromatic heterocycles. The van der Waals surface area contributed by atoms with Gasteiger partial charge in [-0.05, 0) is 30.2 Å². The smallest absolute Gasteiger partial charge is 0.118 e. The van der Waals surface area contributed by atoms with Gasteiger partial charge in [0.05, 0.1) is 20.0 Å². The van der Waals surface area contributed by atoms with Crippen molar-refractivity contribution < 1.29 is 9.47 Å². The van der Waals surface area contributed by atoms with Crippen LogP contribution in [0.1, 0.15) is 18.1 Å². The van der Waals surface area contributed by atoms with E-state index in [1.165, 1.54) is 0 Å². The van der Waals surface area contributed by atoms with Crippen LogP contribution < -0.4 is 4.74 Å². The fourth-order valence-corrected chi connectivity index (χ4v) is 1.86. The molecular weight excluding hydrogens is 236 g/mol. The average Bonchev–Trinajstić information content (AvgIpc) is 2.49. The first-order valence-corrected chi connectivity index (χ1v) is 6.36. The summed E-state index contributed by atoms with van der Waals surface area (Å²) in [5.41, 5.74) is 3.33. The molecule has 2 aromatic rings. The number of hydrogen-bond acceptors (Lipinski definition) is 2. The van der Waals surface area contributed by atoms with Crippen molar-refractivity contribution in [2.45, 2.75) is 6.92 Å². The Kier molecular flexibility index (Phi) is 4.62. The summed E-state index contributed by atoms with van der Waals surface area (Å²) in [6.45, 7) is 2.64. The number of rotatable bonds is 5. The van der Waals surface area contributed by atoms with Crippen LogP contribution in [0.15, 0.2) is 60.9 Å². The van der Waals surface area contributed by atoms with E-state index in [1.54, 1.807) is 7.11 Å². The van der Waals surface area contributed by atoms with E-state index in [0.717, 1.165) is 22.4 Å². The van der Waals surface area contributed by atoms with Crippen LogP contribution in [0.5, 0.6) is 5.75 Å². The molecule has 0 heterocycles. The maximum absolute atomic E-state index is 5.47. The summed E-state index contributed by atoms with van der Waals surface area (Å²) in [4.78, 5) is 0. The van der Waals surface area contributed by atoms with Crippen LogP contribution in [0.3, 0.4) is 0 Å². The van der Waals surface area contributed by atoms with Gasteiger partial charge in [0.15, 0.2) is 0 Å². The topological polar surface area (TPSA) is 18.5 Å². The van der Waals surface area contributed by atoms with Crippen LogP contribution >= 0.6 is 0 Å². The van der Waals surface area contributed by atoms with Crippen LogP contribution in [0.2, 0.25) is 0 Å². The molecule has 2 aromatic carbocycles. The Bertz CT molecular complexity index is 527. The molecule has 2 heteroatoms. The van der Waals surface area contributed by atoms with Crippen LogP contribution in [0.4, 0.5) is 0 Å². The molecule has 0 unspecified atom stereocenters. The molecule has 0 spiro atoms. The molecule has 0 N–H and O–H groups in total. The highest BCUT2D eigenvalue weighted by Gasteiger charge is 2.05. The first kappa shape index (κ1) is 13.2. The highest BCUT2D eigenvalue weighted by molar-refractivity contribution is 5.79. The van der Waals surface area contributed by atoms with Crippen LogP contribution in [-0.4, -0.2) is 13.7 Å². The van der Waals surface area contributed by atoms with Crippen molar-refractivity contribution in [3.05, 3.63) is 72.0 Å². The van der Waals surface area contributed by atoms with Crippen molar-refractivity contribution in [1.29, 1.82) is 0 Å². The van der Waals surface area contributed by atoms with Gasteiger partial charge in [-0.3, -0.25) is 0 Å². The Morgan fingerprint density at radius 1 is 0.947 bits per heavy atom. The monoisotopic (exact) mass is 254 g/mol. The zero-order valence-corrected chi connectivity index (χ0v) is 11.3. The predicted molar refractivity (Wildman–Crippen MR) is 78.1 cm³/mol. The molecule has 0 radical (unpaired) electrons. The summed E-state index contributed by atoms with van der Waals surface area (Å²) < 4.78 is 10.7. The molecule has 2 nitrogen and oxygen atoms in total. The second-order valence-electron chi connectivity index (χ2n) is 4.08. The molecule has 2 rings (SSSR count). The zero-order chi connectivity index (χ0) is 13.5. The first-order chi connectivity index (χ1) is 9.35. The summed E-state index contributed by atoms with van der Waals surface area (Å²) in [6.07, 6.45) is 1.82. The fraction of sp³-hybridized carbons (Fsp3) is 0.176. The standard InChI is InChI=1S/C17H18O2/c1-3-19-13-17(14-7-5-4-6-8-14)15-9-11-16(18-2)12-10-15/h4-13H,3H2,1-2H3/b17-13-. The minimum Gasteiger partial charge on any atom is -0.501 e. The van der Waals surface area contributed by atoms with Crippen molar-refractivity contribution in [2.75, 3.05) is 13.7 Å². The normalized spacial score (nSPS) is 11.2. The Morgan fingerprint density at radius 3 is 2.16 bits per heavy atom. The molecule has 0 aliphatic carbocycles. The molecule has 19 heavy (non-hydrogen) atoms. The molecule has 0 aliphatic rings. The van der Waals surface area contributed by atoms with E-state index < -0.39 is 0 Å². The van der Waals surface area contributed by atoms with Crippen LogP contribution in [0, 0.1) is 0 Å². The second-order valence-corrected chi connectivity index (χ2v) is 4.08. The Balaban J connectivity index is 2.37. The summed E-state index contributed by atoms with van der Waals surface area (Å²) in [5, 5.41) is 0. The van der Waals surface area contributed by atoms with E-state index in [9.17, 15) is 0 Å². The Hall–Kier alpha value is -2.22. The highest BCUT2D eigenvalue weighted by Crippen LogP contribution is 2.25. The third-order valence-corrected chi connectivity index (χ3v) is 2.85. The van der Waals surface area contributed by atoms with Gasteiger partial charge in [0, 0.05) is 5.57 Å². The third-order valence-electron chi connectivity index (χ3n) is 2.85. The van der Waals surface area contributed by atoms with Gasteiger partial charge in [-0.2, -0.15) is 0 Å². The lowest BCUT2D eigenvalue weighted by molar-refractivity contribution is 0.271. The van der Waals surface area contributed by atoms with E-state index in [0.29, 0.717) is 6.61 Å². The lowest BCUT2D eigenvalue weighted by Crippen LogP contribution is -1.91. The number of ether oxygens (including phenoxy) is 2. The largest absolute Gasteiger partial charge is 0.501 e. The van der Waals surface area contributed by atoms with Gasteiger partial charge in [-0.25, -0.2) is 0 Å². The number of hydrogen-bond donors (Lipinski definition) is 0. The number of benzene rings is 2. The molecule has 0 fully saturated rings. The SMILES string of the molecule is CCO/C=C(/c1ccccc1)c1ccc(OC)cc1. The molecule has 0 aliphatic heterocycles. The van der Waals surface area contributed by atoms with E-state index in [4.69, 9.17) is 9.47 Å². The van der Waals surface area contributed by atoms with Crippen molar-refractivity contribution in [2.24, 2.45) is 0 Å². The highest BCUT2D eigenvalue weighted by atomic mass is 16.5. The van der Waals surface area contributed by atoms with E-state index >= 15 is 0 Å². The Labute approximate surface area is 114 Å². The second kappa shape index (κ2) is 6.64. The minimum atomic E-state index is 0.659. The van der Waals surface area contributed by atoms with Crippen molar-refractivity contribution in [3.63, 3.8) is 0 Å². The van der Waals surface area contributed by atoms with Crippen LogP contribution in [-0.2, 0) is 4.74 Å². The molecule has 0 saturated heterocycles. The molecule has 0 atom stereocenters. The van der Waals surface area contributed by atoms with Gasteiger partial charge in [-0.15, -0.1) is 0 Å². The maximum Gasteiger partial charge on any atom is 0.118 e. The predicted octanol–water partition coefficient (Wildman–Crippen LogP) is 4.12. The van der Waals surface area contributed by atoms with Gasteiger partial charge in [0.25, 0.3) is 0 Å². The minimum absolute atomic E-state index is 0.659. The molecule has 0 amide bonds. The first-order valence-electron chi connectivity index (χ1n) is 6.36. The quantitative estimate of drug-likeness (QED) is 0.747. The van der Waals surface area contributed by atoms with Crippen molar-refractivity contribution in [1.82, 2.24) is 0 Å². The van der Waals surface area contributed by atoms with Gasteiger partial charge in [-0.1, -0.05) is 42.5 Å². The summed E-state index contributed by atoms with van der Waals surface area (Å²) >= 11 is 0. The van der Waals surface area contributed by atoms with Gasteiger partial charge >= 0.3 is 0 Å². The van der Waals surface area contributed by atoms with E-state index in [2.05, 4.69) is 12.1 Å².